The fourth-order valence-corrected chi connectivity index (χ4v) is 16.4. The number of carboxylic acid groups (broad SMARTS) is 1. The van der Waals surface area contributed by atoms with Crippen molar-refractivity contribution in [1.82, 2.24) is 30.2 Å². The average molecular weight is 1430 g/mol. The van der Waals surface area contributed by atoms with Crippen molar-refractivity contribution in [3.63, 3.8) is 0 Å². The Labute approximate surface area is 610 Å². The predicted octanol–water partition coefficient (Wildman–Crippen LogP) is 11.5. The van der Waals surface area contributed by atoms with Crippen LogP contribution in [-0.2, 0) is 96.3 Å². The lowest BCUT2D eigenvalue weighted by molar-refractivity contribution is -0.157. The number of nitrogens with two attached hydrogens (primary N) is 1. The first kappa shape index (κ1) is 78.5. The van der Waals surface area contributed by atoms with Crippen molar-refractivity contribution < 1.29 is 72.0 Å². The number of hydrogen-bond acceptors (Lipinski definition) is 15. The van der Waals surface area contributed by atoms with Crippen molar-refractivity contribution in [2.75, 3.05) is 39.4 Å². The minimum atomic E-state index is -1.16. The van der Waals surface area contributed by atoms with E-state index in [4.69, 9.17) is 24.7 Å². The van der Waals surface area contributed by atoms with Gasteiger partial charge in [-0.05, 0) is 156 Å². The van der Waals surface area contributed by atoms with Gasteiger partial charge in [-0.15, -0.1) is 0 Å². The topological polar surface area (TPSA) is 291 Å². The third-order valence-electron chi connectivity index (χ3n) is 24.0. The summed E-state index contributed by atoms with van der Waals surface area (Å²) in [5, 5.41) is 16.0. The molecule has 6 fully saturated rings. The summed E-state index contributed by atoms with van der Waals surface area (Å²) in [5.41, 5.74) is 9.98. The van der Waals surface area contributed by atoms with E-state index in [0.29, 0.717) is 51.0 Å². The number of rotatable bonds is 12. The number of Topliss-reactive ketones (excluding diaryl/α,β-unsaturated/α-hetero) is 1. The van der Waals surface area contributed by atoms with Crippen molar-refractivity contribution in [3.8, 4) is 0 Å². The van der Waals surface area contributed by atoms with Gasteiger partial charge in [0.1, 0.15) is 18.2 Å². The SMILES string of the molecule is CC1(C)CCCCc2cccc3c2CN(C3)C(=O)OC2C[C@@H](C(=O)O)N(C2)C(=O)[C@H](C(C)(C)C)CC(=O)OC1.CC[C@@H]1CC1(CC(=O)[C@@H]1CC2CN1C(=O)[C@H](C(C)(C)C)CC(=O)OCC(C)(C)CCCCc1cccc3c1CN(C3)C(=O)O2)C(=O)NCC1CC1.CC[C@@H]1CC1(N)C(=O)NCC1CC1. The Morgan fingerprint density at radius 1 is 0.573 bits per heavy atom. The maximum atomic E-state index is 14.6. The summed E-state index contributed by atoms with van der Waals surface area (Å²) in [6, 6.07) is 10.4. The third-order valence-corrected chi connectivity index (χ3v) is 24.0. The molecule has 4 aliphatic carbocycles. The van der Waals surface area contributed by atoms with Gasteiger partial charge in [0.25, 0.3) is 0 Å². The number of carboxylic acids is 1. The molecule has 4 unspecified atom stereocenters. The predicted molar refractivity (Wildman–Crippen MR) is 387 cm³/mol. The molecule has 22 nitrogen and oxygen atoms in total. The molecule has 6 amide bonds. The zero-order chi connectivity index (χ0) is 74.7. The van der Waals surface area contributed by atoms with Gasteiger partial charge in [-0.1, -0.05) is 145 Å². The molecule has 0 aromatic heterocycles. The van der Waals surface area contributed by atoms with Gasteiger partial charge in [-0.3, -0.25) is 43.4 Å². The summed E-state index contributed by atoms with van der Waals surface area (Å²) in [4.78, 5) is 139. The molecule has 6 aliphatic heterocycles. The minimum Gasteiger partial charge on any atom is -0.480 e. The summed E-state index contributed by atoms with van der Waals surface area (Å²) in [6.45, 7) is 27.7. The van der Waals surface area contributed by atoms with Crippen LogP contribution in [0.15, 0.2) is 36.4 Å². The molecule has 103 heavy (non-hydrogen) atoms. The lowest BCUT2D eigenvalue weighted by Crippen LogP contribution is -2.48. The smallest absolute Gasteiger partial charge is 0.410 e. The van der Waals surface area contributed by atoms with Gasteiger partial charge in [0, 0.05) is 58.5 Å². The average Bonchev–Trinajstić information content (AvgIpc) is 1.59. The van der Waals surface area contributed by atoms with E-state index in [2.05, 4.69) is 63.5 Å². The number of nitrogens with zero attached hydrogens (tertiary/aromatic N) is 4. The molecule has 0 spiro atoms. The van der Waals surface area contributed by atoms with E-state index in [1.807, 2.05) is 66.7 Å². The van der Waals surface area contributed by atoms with Crippen molar-refractivity contribution in [2.24, 2.45) is 68.3 Å². The van der Waals surface area contributed by atoms with E-state index in [9.17, 15) is 53.1 Å². The van der Waals surface area contributed by atoms with Crippen LogP contribution in [0.4, 0.5) is 9.59 Å². The molecule has 5 N–H and O–H groups in total. The summed E-state index contributed by atoms with van der Waals surface area (Å²) in [6.07, 6.45) is 13.1. The van der Waals surface area contributed by atoms with Gasteiger partial charge < -0.3 is 50.2 Å². The van der Waals surface area contributed by atoms with E-state index in [1.165, 1.54) is 34.4 Å². The second kappa shape index (κ2) is 31.9. The summed E-state index contributed by atoms with van der Waals surface area (Å²) in [7, 11) is 0. The highest BCUT2D eigenvalue weighted by molar-refractivity contribution is 5.97. The monoisotopic (exact) mass is 1430 g/mol. The number of ketones is 1. The molecular formula is C81H119N7O15. The molecule has 2 saturated heterocycles. The second-order valence-corrected chi connectivity index (χ2v) is 35.7. The number of cyclic esters (lactones) is 2. The quantitative estimate of drug-likeness (QED) is 0.113. The van der Waals surface area contributed by atoms with Gasteiger partial charge >= 0.3 is 30.1 Å². The molecular weight excluding hydrogens is 1310 g/mol. The molecule has 568 valence electrons. The summed E-state index contributed by atoms with van der Waals surface area (Å²) < 4.78 is 23.4. The number of benzene rings is 2. The van der Waals surface area contributed by atoms with Crippen molar-refractivity contribution in [3.05, 3.63) is 69.8 Å². The Hall–Kier alpha value is -7.10. The summed E-state index contributed by atoms with van der Waals surface area (Å²) >= 11 is 0. The molecule has 4 saturated carbocycles. The third kappa shape index (κ3) is 19.7. The van der Waals surface area contributed by atoms with Crippen LogP contribution in [0.3, 0.4) is 0 Å². The van der Waals surface area contributed by atoms with E-state index in [-0.39, 0.29) is 98.7 Å². The summed E-state index contributed by atoms with van der Waals surface area (Å²) in [5.74, 6) is -2.73. The van der Waals surface area contributed by atoms with Crippen molar-refractivity contribution >= 4 is 59.5 Å². The number of amides is 6. The molecule has 2 aromatic carbocycles. The van der Waals surface area contributed by atoms with Crippen LogP contribution >= 0.6 is 0 Å². The number of hydrogen-bond donors (Lipinski definition) is 4. The van der Waals surface area contributed by atoms with Gasteiger partial charge in [-0.25, -0.2) is 14.4 Å². The Bertz CT molecular complexity index is 3490. The Morgan fingerprint density at radius 2 is 1.00 bits per heavy atom. The largest absolute Gasteiger partial charge is 0.480 e. The number of carbonyl (C=O) groups is 10. The van der Waals surface area contributed by atoms with E-state index in [0.717, 1.165) is 113 Å². The Kier molecular flexibility index (Phi) is 24.3. The van der Waals surface area contributed by atoms with Crippen LogP contribution < -0.4 is 16.4 Å². The second-order valence-electron chi connectivity index (χ2n) is 35.7. The number of esters is 2. The lowest BCUT2D eigenvalue weighted by Gasteiger charge is -2.35. The van der Waals surface area contributed by atoms with Crippen LogP contribution in [-0.4, -0.2) is 153 Å². The van der Waals surface area contributed by atoms with Crippen LogP contribution in [0.2, 0.25) is 0 Å². The van der Waals surface area contributed by atoms with Crippen molar-refractivity contribution in [2.45, 2.75) is 274 Å². The molecule has 12 rings (SSSR count). The molecule has 22 heteroatoms. The molecule has 10 aliphatic rings. The highest BCUT2D eigenvalue weighted by Gasteiger charge is 2.61. The van der Waals surface area contributed by atoms with Crippen LogP contribution in [0.1, 0.15) is 238 Å². The molecule has 0 radical (unpaired) electrons. The first-order valence-electron chi connectivity index (χ1n) is 38.7. The highest BCUT2D eigenvalue weighted by Crippen LogP contribution is 2.58. The van der Waals surface area contributed by atoms with Gasteiger partial charge in [-0.2, -0.15) is 0 Å². The van der Waals surface area contributed by atoms with Gasteiger partial charge in [0.05, 0.1) is 68.0 Å². The van der Waals surface area contributed by atoms with Gasteiger partial charge in [0.15, 0.2) is 5.78 Å². The number of aliphatic carboxylic acids is 1. The van der Waals surface area contributed by atoms with E-state index in [1.54, 1.807) is 14.7 Å². The van der Waals surface area contributed by atoms with Crippen LogP contribution in [0.25, 0.3) is 0 Å². The number of ether oxygens (including phenoxy) is 4. The number of aryl methyl sites for hydroxylation is 2. The normalized spacial score (nSPS) is 29.7. The van der Waals surface area contributed by atoms with E-state index < -0.39 is 93.9 Å². The zero-order valence-electron chi connectivity index (χ0n) is 63.7. The minimum absolute atomic E-state index is 0.00828. The van der Waals surface area contributed by atoms with Crippen molar-refractivity contribution in [1.29, 1.82) is 0 Å². The Balaban J connectivity index is 0.000000192. The molecule has 10 atom stereocenters. The highest BCUT2D eigenvalue weighted by atomic mass is 16.6. The van der Waals surface area contributed by atoms with Gasteiger partial charge in [0.2, 0.25) is 23.6 Å². The lowest BCUT2D eigenvalue weighted by atomic mass is 9.77. The first-order valence-corrected chi connectivity index (χ1v) is 38.7. The fraction of sp³-hybridized carbons (Fsp3) is 0.728. The number of nitrogens with one attached hydrogen (secondary N) is 2. The maximum Gasteiger partial charge on any atom is 0.410 e. The molecule has 6 heterocycles. The number of carbonyl (C=O) groups excluding carboxylic acids is 9. The first-order chi connectivity index (χ1) is 48.5. The zero-order valence-corrected chi connectivity index (χ0v) is 63.7. The number of fused-ring (bicyclic) bond motifs is 6. The Morgan fingerprint density at radius 3 is 1.41 bits per heavy atom. The standard InChI is InChI=1S/C41H59N3O7.C30H42N2O7.C10H18N2O/c1-7-29-19-41(29,37(48)42-21-26-14-15-26)20-34(45)33-17-30-23-44(33)36(47)32(39(2,3)4)18-35(46)50-25-40(5,6)16-9-8-11-27-12-10-13-28-22-43(24-31(27)28)38(49)51-30;1-29(2,3)23-14-25(33)38-18-30(4,5)12-7-6-9-19-10-8-11-20-15-31(17-22(19)20)28(37)39-21-13-24(27(35)36)32(16-21)26(23)34;1-2-8-5-10(8,11)9(13)12-6-7-3-4-7/h10,12-13,26,29-30,32-33H,7-9,11,14-25H2,1-6H3,(H,42,48);8,10-11,21,23-24H,6-7,9,12-18H2,1-5H3,(H,35,36);7-8H,2-6,11H2,1H3,(H,12,13)/t29-,30?,32-,33+,41?;21?,23-,24+;8-,10?/m111/s1. The van der Waals surface area contributed by atoms with Crippen LogP contribution in [0, 0.1) is 62.6 Å². The van der Waals surface area contributed by atoms with Crippen LogP contribution in [0.5, 0.6) is 0 Å². The fourth-order valence-electron chi connectivity index (χ4n) is 16.4. The molecule has 8 bridgehead atoms. The maximum absolute atomic E-state index is 14.6. The van der Waals surface area contributed by atoms with E-state index >= 15 is 0 Å². The molecule has 2 aromatic rings.